The number of nitrogens with zero attached hydrogens (tertiary/aromatic N) is 1. The number of carbonyl (C=O) groups is 3. The van der Waals surface area contributed by atoms with Crippen LogP contribution in [0.5, 0.6) is 0 Å². The van der Waals surface area contributed by atoms with Gasteiger partial charge in [-0.2, -0.15) is 0 Å². The monoisotopic (exact) mass is 308 g/mol. The Balaban J connectivity index is 1.76. The van der Waals surface area contributed by atoms with Gasteiger partial charge in [0.2, 0.25) is 5.91 Å². The Kier molecular flexibility index (Phi) is 5.08. The SMILES string of the molecule is CN(CC(=O)NC1CC1)C(=O)COC(=O)c1cccc(F)c1. The van der Waals surface area contributed by atoms with Gasteiger partial charge in [0.25, 0.3) is 5.91 Å². The molecule has 6 nitrogen and oxygen atoms in total. The van der Waals surface area contributed by atoms with Gasteiger partial charge in [-0.3, -0.25) is 9.59 Å². The molecule has 22 heavy (non-hydrogen) atoms. The Labute approximate surface area is 127 Å². The van der Waals surface area contributed by atoms with Gasteiger partial charge in [-0.15, -0.1) is 0 Å². The normalized spacial score (nSPS) is 13.4. The predicted molar refractivity (Wildman–Crippen MR) is 75.5 cm³/mol. The lowest BCUT2D eigenvalue weighted by molar-refractivity contribution is -0.137. The number of hydrogen-bond acceptors (Lipinski definition) is 4. The van der Waals surface area contributed by atoms with Crippen LogP contribution in [-0.2, 0) is 14.3 Å². The molecule has 1 aromatic carbocycles. The molecule has 0 heterocycles. The van der Waals surface area contributed by atoms with E-state index in [1.807, 2.05) is 0 Å². The number of hydrogen-bond donors (Lipinski definition) is 1. The molecule has 1 aromatic rings. The molecule has 0 bridgehead atoms. The zero-order valence-corrected chi connectivity index (χ0v) is 12.2. The van der Waals surface area contributed by atoms with Gasteiger partial charge in [-0.05, 0) is 31.0 Å². The van der Waals surface area contributed by atoms with Gasteiger partial charge in [0.1, 0.15) is 5.82 Å². The average molecular weight is 308 g/mol. The molecule has 0 aliphatic heterocycles. The van der Waals surface area contributed by atoms with Gasteiger partial charge in [0.05, 0.1) is 12.1 Å². The number of carbonyl (C=O) groups excluding carboxylic acids is 3. The number of amides is 2. The first-order valence-corrected chi connectivity index (χ1v) is 6.91. The van der Waals surface area contributed by atoms with E-state index in [9.17, 15) is 18.8 Å². The number of nitrogens with one attached hydrogen (secondary N) is 1. The lowest BCUT2D eigenvalue weighted by Gasteiger charge is -2.16. The van der Waals surface area contributed by atoms with E-state index in [-0.39, 0.29) is 24.1 Å². The standard InChI is InChI=1S/C15H17FN2O4/c1-18(8-13(19)17-12-5-6-12)14(20)9-22-15(21)10-3-2-4-11(16)7-10/h2-4,7,12H,5-6,8-9H2,1H3,(H,17,19). The van der Waals surface area contributed by atoms with Gasteiger partial charge in [0, 0.05) is 13.1 Å². The lowest BCUT2D eigenvalue weighted by atomic mass is 10.2. The fourth-order valence-electron chi connectivity index (χ4n) is 1.74. The van der Waals surface area contributed by atoms with Crippen molar-refractivity contribution in [1.29, 1.82) is 0 Å². The van der Waals surface area contributed by atoms with E-state index in [0.29, 0.717) is 0 Å². The van der Waals surface area contributed by atoms with Crippen molar-refractivity contribution < 1.29 is 23.5 Å². The van der Waals surface area contributed by atoms with Gasteiger partial charge in [0.15, 0.2) is 6.61 Å². The Morgan fingerprint density at radius 3 is 2.73 bits per heavy atom. The number of benzene rings is 1. The Morgan fingerprint density at radius 2 is 2.09 bits per heavy atom. The highest BCUT2D eigenvalue weighted by molar-refractivity contribution is 5.92. The first kappa shape index (κ1) is 15.9. The molecule has 0 atom stereocenters. The Morgan fingerprint density at radius 1 is 1.36 bits per heavy atom. The molecule has 0 spiro atoms. The Bertz CT molecular complexity index is 587. The maximum Gasteiger partial charge on any atom is 0.338 e. The highest BCUT2D eigenvalue weighted by Crippen LogP contribution is 2.18. The molecule has 0 radical (unpaired) electrons. The average Bonchev–Trinajstić information content (AvgIpc) is 3.27. The first-order valence-electron chi connectivity index (χ1n) is 6.91. The Hall–Kier alpha value is -2.44. The highest BCUT2D eigenvalue weighted by Gasteiger charge is 2.24. The zero-order valence-electron chi connectivity index (χ0n) is 12.2. The van der Waals surface area contributed by atoms with Crippen LogP contribution in [0.4, 0.5) is 4.39 Å². The van der Waals surface area contributed by atoms with Crippen LogP contribution in [0.3, 0.4) is 0 Å². The summed E-state index contributed by atoms with van der Waals surface area (Å²) in [7, 11) is 1.45. The summed E-state index contributed by atoms with van der Waals surface area (Å²) in [5.74, 6) is -2.09. The van der Waals surface area contributed by atoms with E-state index in [0.717, 1.165) is 18.9 Å². The summed E-state index contributed by atoms with van der Waals surface area (Å²) < 4.78 is 17.8. The zero-order chi connectivity index (χ0) is 16.1. The number of ether oxygens (including phenoxy) is 1. The third-order valence-electron chi connectivity index (χ3n) is 3.14. The molecular formula is C15H17FN2O4. The minimum absolute atomic E-state index is 0.0296. The number of likely N-dealkylation sites (N-methyl/N-ethyl adjacent to an activating group) is 1. The van der Waals surface area contributed by atoms with Gasteiger partial charge in [-0.25, -0.2) is 9.18 Å². The minimum Gasteiger partial charge on any atom is -0.452 e. The summed E-state index contributed by atoms with van der Waals surface area (Å²) in [6.07, 6.45) is 1.93. The molecule has 0 saturated heterocycles. The van der Waals surface area contributed by atoms with E-state index in [4.69, 9.17) is 4.74 Å². The molecule has 1 fully saturated rings. The maximum atomic E-state index is 13.0. The van der Waals surface area contributed by atoms with Crippen molar-refractivity contribution in [3.8, 4) is 0 Å². The molecule has 118 valence electrons. The molecule has 1 saturated carbocycles. The summed E-state index contributed by atoms with van der Waals surface area (Å²) in [4.78, 5) is 36.2. The first-order chi connectivity index (χ1) is 10.5. The third kappa shape index (κ3) is 4.83. The molecule has 2 rings (SSSR count). The van der Waals surface area contributed by atoms with Crippen molar-refractivity contribution in [1.82, 2.24) is 10.2 Å². The van der Waals surface area contributed by atoms with Gasteiger partial charge in [-0.1, -0.05) is 6.07 Å². The predicted octanol–water partition coefficient (Wildman–Crippen LogP) is 0.720. The van der Waals surface area contributed by atoms with E-state index < -0.39 is 24.3 Å². The molecule has 1 aliphatic carbocycles. The fraction of sp³-hybridized carbons (Fsp3) is 0.400. The largest absolute Gasteiger partial charge is 0.452 e. The lowest BCUT2D eigenvalue weighted by Crippen LogP contribution is -2.40. The van der Waals surface area contributed by atoms with Crippen LogP contribution in [0.2, 0.25) is 0 Å². The van der Waals surface area contributed by atoms with E-state index in [1.165, 1.54) is 30.1 Å². The van der Waals surface area contributed by atoms with Crippen LogP contribution >= 0.6 is 0 Å². The van der Waals surface area contributed by atoms with Crippen LogP contribution in [-0.4, -0.2) is 48.9 Å². The quantitative estimate of drug-likeness (QED) is 0.786. The summed E-state index contributed by atoms with van der Waals surface area (Å²) >= 11 is 0. The van der Waals surface area contributed by atoms with Crippen LogP contribution in [0.1, 0.15) is 23.2 Å². The second kappa shape index (κ2) is 7.02. The third-order valence-corrected chi connectivity index (χ3v) is 3.14. The van der Waals surface area contributed by atoms with E-state index >= 15 is 0 Å². The second-order valence-electron chi connectivity index (χ2n) is 5.18. The fourth-order valence-corrected chi connectivity index (χ4v) is 1.74. The number of rotatable bonds is 6. The molecule has 1 aliphatic rings. The van der Waals surface area contributed by atoms with Gasteiger partial charge >= 0.3 is 5.97 Å². The molecule has 0 unspecified atom stereocenters. The highest BCUT2D eigenvalue weighted by atomic mass is 19.1. The summed E-state index contributed by atoms with van der Waals surface area (Å²) in [6.45, 7) is -0.588. The second-order valence-corrected chi connectivity index (χ2v) is 5.18. The molecule has 7 heteroatoms. The van der Waals surface area contributed by atoms with E-state index in [2.05, 4.69) is 5.32 Å². The van der Waals surface area contributed by atoms with Crippen LogP contribution in [0.15, 0.2) is 24.3 Å². The summed E-state index contributed by atoms with van der Waals surface area (Å²) in [5, 5.41) is 2.75. The number of esters is 1. The van der Waals surface area contributed by atoms with Gasteiger partial charge < -0.3 is 15.0 Å². The van der Waals surface area contributed by atoms with Crippen molar-refractivity contribution in [2.24, 2.45) is 0 Å². The smallest absolute Gasteiger partial charge is 0.338 e. The van der Waals surface area contributed by atoms with Crippen LogP contribution < -0.4 is 5.32 Å². The van der Waals surface area contributed by atoms with Crippen molar-refractivity contribution in [3.05, 3.63) is 35.6 Å². The van der Waals surface area contributed by atoms with Crippen LogP contribution in [0, 0.1) is 5.82 Å². The number of halogens is 1. The van der Waals surface area contributed by atoms with Crippen LogP contribution in [0.25, 0.3) is 0 Å². The molecular weight excluding hydrogens is 291 g/mol. The minimum atomic E-state index is -0.788. The topological polar surface area (TPSA) is 75.7 Å². The summed E-state index contributed by atoms with van der Waals surface area (Å²) in [6, 6.07) is 5.22. The van der Waals surface area contributed by atoms with Crippen molar-refractivity contribution in [2.75, 3.05) is 20.2 Å². The van der Waals surface area contributed by atoms with E-state index in [1.54, 1.807) is 0 Å². The van der Waals surface area contributed by atoms with Crippen molar-refractivity contribution >= 4 is 17.8 Å². The van der Waals surface area contributed by atoms with Crippen molar-refractivity contribution in [3.63, 3.8) is 0 Å². The molecule has 0 aromatic heterocycles. The maximum absolute atomic E-state index is 13.0. The van der Waals surface area contributed by atoms with Crippen molar-refractivity contribution in [2.45, 2.75) is 18.9 Å². The molecule has 1 N–H and O–H groups in total. The summed E-state index contributed by atoms with van der Waals surface area (Å²) in [5.41, 5.74) is 0.0296. The molecule has 2 amide bonds.